The fourth-order valence-electron chi connectivity index (χ4n) is 5.79. The van der Waals surface area contributed by atoms with Gasteiger partial charge in [0.1, 0.15) is 11.8 Å². The number of likely N-dealkylation sites (tertiary alicyclic amines) is 1. The van der Waals surface area contributed by atoms with Crippen molar-refractivity contribution in [2.75, 3.05) is 53.2 Å². The molecular formula is C33H51FN2O5Si. The molecule has 1 N–H and O–H groups in total. The molecule has 0 aromatic heterocycles. The van der Waals surface area contributed by atoms with Gasteiger partial charge in [0.05, 0.1) is 32.5 Å². The average molecular weight is 603 g/mol. The number of piperidine rings is 1. The Kier molecular flexibility index (Phi) is 12.6. The number of carbonyl (C=O) groups excluding carboxylic acids is 1. The van der Waals surface area contributed by atoms with E-state index in [1.54, 1.807) is 20.8 Å². The molecular weight excluding hydrogens is 551 g/mol. The third-order valence-corrected chi connectivity index (χ3v) is 12.6. The van der Waals surface area contributed by atoms with Crippen molar-refractivity contribution in [2.24, 2.45) is 5.92 Å². The number of alkyl carbamates (subject to hydrolysis) is 1. The molecule has 1 aliphatic rings. The smallest absolute Gasteiger partial charge is 0.407 e. The first-order chi connectivity index (χ1) is 19.8. The topological polar surface area (TPSA) is 69.3 Å². The third kappa shape index (κ3) is 9.61. The molecule has 1 unspecified atom stereocenters. The van der Waals surface area contributed by atoms with Gasteiger partial charge in [-0.1, -0.05) is 81.4 Å². The van der Waals surface area contributed by atoms with Crippen LogP contribution in [0.5, 0.6) is 0 Å². The monoisotopic (exact) mass is 602 g/mol. The SMILES string of the molecule is CN1CC(CCOCCOCCO[Si](c2ccccc2)(c2ccccc2)C(C)(C)C)[C@@H](NC(=O)OC(C)(C)C)[C@@H](F)C1. The Hall–Kier alpha value is -2.30. The molecule has 42 heavy (non-hydrogen) atoms. The molecule has 3 atom stereocenters. The van der Waals surface area contributed by atoms with Gasteiger partial charge >= 0.3 is 6.09 Å². The second-order valence-electron chi connectivity index (χ2n) is 13.2. The number of carbonyl (C=O) groups is 1. The zero-order chi connectivity index (χ0) is 30.8. The number of benzene rings is 2. The van der Waals surface area contributed by atoms with Crippen LogP contribution in [0.2, 0.25) is 5.04 Å². The molecule has 1 saturated heterocycles. The Labute approximate surface area is 253 Å². The Morgan fingerprint density at radius 3 is 1.90 bits per heavy atom. The van der Waals surface area contributed by atoms with Crippen molar-refractivity contribution in [2.45, 2.75) is 70.8 Å². The van der Waals surface area contributed by atoms with Gasteiger partial charge in [-0.05, 0) is 55.6 Å². The third-order valence-electron chi connectivity index (χ3n) is 7.58. The summed E-state index contributed by atoms with van der Waals surface area (Å²) in [5, 5.41) is 5.17. The van der Waals surface area contributed by atoms with Gasteiger partial charge in [0.2, 0.25) is 0 Å². The number of ether oxygens (including phenoxy) is 3. The lowest BCUT2D eigenvalue weighted by atomic mass is 9.88. The predicted octanol–water partition coefficient (Wildman–Crippen LogP) is 4.78. The number of nitrogens with zero attached hydrogens (tertiary/aromatic N) is 1. The second kappa shape index (κ2) is 15.4. The van der Waals surface area contributed by atoms with Crippen molar-refractivity contribution in [1.82, 2.24) is 10.2 Å². The van der Waals surface area contributed by atoms with E-state index in [1.807, 2.05) is 24.1 Å². The maximum atomic E-state index is 14.9. The first kappa shape index (κ1) is 34.2. The van der Waals surface area contributed by atoms with Crippen LogP contribution in [0.15, 0.2) is 60.7 Å². The molecule has 9 heteroatoms. The highest BCUT2D eigenvalue weighted by atomic mass is 28.4. The van der Waals surface area contributed by atoms with Gasteiger partial charge in [-0.25, -0.2) is 9.18 Å². The van der Waals surface area contributed by atoms with Gasteiger partial charge in [0.25, 0.3) is 8.32 Å². The van der Waals surface area contributed by atoms with E-state index in [0.717, 1.165) is 0 Å². The van der Waals surface area contributed by atoms with Crippen LogP contribution in [0, 0.1) is 5.92 Å². The summed E-state index contributed by atoms with van der Waals surface area (Å²) in [6.07, 6.45) is -1.12. The molecule has 3 rings (SSSR count). The van der Waals surface area contributed by atoms with E-state index in [1.165, 1.54) is 10.4 Å². The fraction of sp³-hybridized carbons (Fsp3) is 0.606. The van der Waals surface area contributed by atoms with Gasteiger partial charge in [0, 0.05) is 19.7 Å². The maximum absolute atomic E-state index is 14.9. The Morgan fingerprint density at radius 2 is 1.38 bits per heavy atom. The van der Waals surface area contributed by atoms with Crippen molar-refractivity contribution >= 4 is 24.8 Å². The highest BCUT2D eigenvalue weighted by molar-refractivity contribution is 6.99. The first-order valence-electron chi connectivity index (χ1n) is 15.1. The maximum Gasteiger partial charge on any atom is 0.407 e. The van der Waals surface area contributed by atoms with Gasteiger partial charge in [-0.2, -0.15) is 0 Å². The van der Waals surface area contributed by atoms with E-state index in [2.05, 4.69) is 74.6 Å². The number of alkyl halides is 1. The van der Waals surface area contributed by atoms with Crippen LogP contribution in [0.1, 0.15) is 48.0 Å². The number of halogens is 1. The molecule has 1 fully saturated rings. The lowest BCUT2D eigenvalue weighted by molar-refractivity contribution is 0.0107. The summed E-state index contributed by atoms with van der Waals surface area (Å²) in [6.45, 7) is 15.4. The van der Waals surface area contributed by atoms with Crippen molar-refractivity contribution in [3.8, 4) is 0 Å². The molecule has 1 amide bonds. The Morgan fingerprint density at radius 1 is 0.857 bits per heavy atom. The highest BCUT2D eigenvalue weighted by Gasteiger charge is 2.50. The highest BCUT2D eigenvalue weighted by Crippen LogP contribution is 2.36. The summed E-state index contributed by atoms with van der Waals surface area (Å²) in [5.74, 6) is -0.0768. The van der Waals surface area contributed by atoms with Crippen LogP contribution in [0.25, 0.3) is 0 Å². The minimum atomic E-state index is -2.58. The van der Waals surface area contributed by atoms with Crippen LogP contribution in [-0.2, 0) is 18.6 Å². The second-order valence-corrected chi connectivity index (χ2v) is 17.5. The zero-order valence-corrected chi connectivity index (χ0v) is 27.5. The van der Waals surface area contributed by atoms with Gasteiger partial charge in [0.15, 0.2) is 0 Å². The number of nitrogens with one attached hydrogen (secondary N) is 1. The molecule has 0 spiro atoms. The predicted molar refractivity (Wildman–Crippen MR) is 169 cm³/mol. The molecule has 0 bridgehead atoms. The van der Waals surface area contributed by atoms with Crippen molar-refractivity contribution < 1.29 is 27.8 Å². The standard InChI is InChI=1S/C33H51FN2O5Si/c1-32(2,3)41-31(37)35-30-26(24-36(7)25-29(30)34)18-19-38-20-21-39-22-23-40-42(33(4,5)6,27-14-10-8-11-15-27)28-16-12-9-13-17-28/h8-17,26,29-30H,18-25H2,1-7H3,(H,35,37)/t26?,29-,30+/m0/s1. The van der Waals surface area contributed by atoms with E-state index >= 15 is 0 Å². The van der Waals surface area contributed by atoms with E-state index in [-0.39, 0.29) is 17.5 Å². The summed E-state index contributed by atoms with van der Waals surface area (Å²) < 4.78 is 38.8. The Bertz CT molecular complexity index is 1040. The van der Waals surface area contributed by atoms with Gasteiger partial charge < -0.3 is 28.9 Å². The number of hydrogen-bond acceptors (Lipinski definition) is 6. The molecule has 0 aliphatic carbocycles. The normalized spacial score (nSPS) is 20.3. The van der Waals surface area contributed by atoms with Crippen LogP contribution in [0.4, 0.5) is 9.18 Å². The van der Waals surface area contributed by atoms with E-state index in [9.17, 15) is 9.18 Å². The molecule has 2 aromatic rings. The lowest BCUT2D eigenvalue weighted by Crippen LogP contribution is -2.66. The summed E-state index contributed by atoms with van der Waals surface area (Å²) in [4.78, 5) is 14.3. The fourth-order valence-corrected chi connectivity index (χ4v) is 10.3. The largest absolute Gasteiger partial charge is 0.444 e. The van der Waals surface area contributed by atoms with Gasteiger partial charge in [-0.15, -0.1) is 0 Å². The van der Waals surface area contributed by atoms with E-state index in [4.69, 9.17) is 18.6 Å². The quantitative estimate of drug-likeness (QED) is 0.263. The summed E-state index contributed by atoms with van der Waals surface area (Å²) in [7, 11) is -0.682. The van der Waals surface area contributed by atoms with E-state index in [0.29, 0.717) is 46.0 Å². The molecule has 1 aliphatic heterocycles. The number of hydrogen-bond donors (Lipinski definition) is 1. The van der Waals surface area contributed by atoms with Crippen LogP contribution in [0.3, 0.4) is 0 Å². The van der Waals surface area contributed by atoms with Crippen LogP contribution >= 0.6 is 0 Å². The van der Waals surface area contributed by atoms with Crippen LogP contribution < -0.4 is 15.7 Å². The molecule has 2 aromatic carbocycles. The summed E-state index contributed by atoms with van der Waals surface area (Å²) >= 11 is 0. The lowest BCUT2D eigenvalue weighted by Gasteiger charge is -2.43. The Balaban J connectivity index is 1.46. The molecule has 234 valence electrons. The molecule has 0 radical (unpaired) electrons. The summed E-state index contributed by atoms with van der Waals surface area (Å²) in [6, 6.07) is 20.5. The number of rotatable bonds is 13. The van der Waals surface area contributed by atoms with Crippen molar-refractivity contribution in [3.05, 3.63) is 60.7 Å². The van der Waals surface area contributed by atoms with Crippen molar-refractivity contribution in [3.63, 3.8) is 0 Å². The average Bonchev–Trinajstić information content (AvgIpc) is 2.91. The van der Waals surface area contributed by atoms with E-state index < -0.39 is 32.2 Å². The molecule has 7 nitrogen and oxygen atoms in total. The summed E-state index contributed by atoms with van der Waals surface area (Å²) in [5.41, 5.74) is -0.634. The molecule has 1 heterocycles. The minimum Gasteiger partial charge on any atom is -0.444 e. The number of amides is 1. The van der Waals surface area contributed by atoms with Crippen LogP contribution in [-0.4, -0.2) is 90.3 Å². The zero-order valence-electron chi connectivity index (χ0n) is 26.5. The minimum absolute atomic E-state index is 0.0768. The van der Waals surface area contributed by atoms with Gasteiger partial charge in [-0.3, -0.25) is 0 Å². The first-order valence-corrected chi connectivity index (χ1v) is 17.0. The molecule has 0 saturated carbocycles. The van der Waals surface area contributed by atoms with Crippen molar-refractivity contribution in [1.29, 1.82) is 0 Å².